The molecule has 6 nitrogen and oxygen atoms in total. The Hall–Kier alpha value is -1.69. The molecule has 2 N–H and O–H groups in total. The molecule has 1 atom stereocenters. The van der Waals surface area contributed by atoms with Crippen molar-refractivity contribution in [2.75, 3.05) is 18.4 Å². The van der Waals surface area contributed by atoms with E-state index in [2.05, 4.69) is 15.6 Å². The van der Waals surface area contributed by atoms with E-state index in [9.17, 15) is 10.1 Å². The number of pyridine rings is 1. The maximum atomic E-state index is 10.4. The molecule has 92 valence electrons. The Kier molecular flexibility index (Phi) is 3.87. The Morgan fingerprint density at radius 3 is 3.06 bits per heavy atom. The van der Waals surface area contributed by atoms with E-state index in [-0.39, 0.29) is 5.82 Å². The van der Waals surface area contributed by atoms with Crippen molar-refractivity contribution in [1.29, 1.82) is 0 Å². The zero-order valence-corrected chi connectivity index (χ0v) is 9.56. The molecule has 1 saturated heterocycles. The second kappa shape index (κ2) is 5.58. The van der Waals surface area contributed by atoms with Gasteiger partial charge in [-0.15, -0.1) is 0 Å². The first-order valence-electron chi connectivity index (χ1n) is 5.83. The van der Waals surface area contributed by atoms with Crippen molar-refractivity contribution >= 4 is 11.5 Å². The van der Waals surface area contributed by atoms with Crippen LogP contribution in [0.3, 0.4) is 0 Å². The lowest BCUT2D eigenvalue weighted by molar-refractivity contribution is -0.389. The molecule has 0 bridgehead atoms. The van der Waals surface area contributed by atoms with Gasteiger partial charge in [-0.2, -0.15) is 0 Å². The average molecular weight is 236 g/mol. The predicted octanol–water partition coefficient (Wildman–Crippen LogP) is 1.54. The highest BCUT2D eigenvalue weighted by Crippen LogP contribution is 2.12. The number of hydrogen-bond donors (Lipinski definition) is 2. The van der Waals surface area contributed by atoms with Crippen molar-refractivity contribution in [2.24, 2.45) is 0 Å². The minimum absolute atomic E-state index is 0.118. The molecule has 1 unspecified atom stereocenters. The molecule has 0 saturated carbocycles. The van der Waals surface area contributed by atoms with Crippen LogP contribution in [0, 0.1) is 10.1 Å². The van der Waals surface area contributed by atoms with E-state index in [4.69, 9.17) is 0 Å². The monoisotopic (exact) mass is 236 g/mol. The quantitative estimate of drug-likeness (QED) is 0.598. The topological polar surface area (TPSA) is 80.1 Å². The van der Waals surface area contributed by atoms with Gasteiger partial charge in [0.1, 0.15) is 0 Å². The lowest BCUT2D eigenvalue weighted by atomic mass is 10.1. The fourth-order valence-corrected chi connectivity index (χ4v) is 1.99. The summed E-state index contributed by atoms with van der Waals surface area (Å²) in [6.07, 6.45) is 5.06. The van der Waals surface area contributed by atoms with E-state index < -0.39 is 4.92 Å². The first-order valence-corrected chi connectivity index (χ1v) is 5.83. The SMILES string of the molecule is O=[N+]([O-])c1ccc(NCCC2CCCN2)cn1. The lowest BCUT2D eigenvalue weighted by Crippen LogP contribution is -2.24. The molecule has 1 aliphatic rings. The van der Waals surface area contributed by atoms with Crippen LogP contribution in [0.1, 0.15) is 19.3 Å². The van der Waals surface area contributed by atoms with Crippen LogP contribution in [0.5, 0.6) is 0 Å². The highest BCUT2D eigenvalue weighted by Gasteiger charge is 2.13. The molecule has 0 amide bonds. The second-order valence-electron chi connectivity index (χ2n) is 4.17. The van der Waals surface area contributed by atoms with Crippen molar-refractivity contribution in [3.8, 4) is 0 Å². The third kappa shape index (κ3) is 3.39. The van der Waals surface area contributed by atoms with Crippen LogP contribution < -0.4 is 10.6 Å². The fourth-order valence-electron chi connectivity index (χ4n) is 1.99. The average Bonchev–Trinajstić information content (AvgIpc) is 2.83. The third-order valence-corrected chi connectivity index (χ3v) is 2.92. The molecule has 2 rings (SSSR count). The summed E-state index contributed by atoms with van der Waals surface area (Å²) < 4.78 is 0. The predicted molar refractivity (Wildman–Crippen MR) is 65.0 cm³/mol. The first-order chi connectivity index (χ1) is 8.25. The number of nitro groups is 1. The highest BCUT2D eigenvalue weighted by molar-refractivity contribution is 5.43. The summed E-state index contributed by atoms with van der Waals surface area (Å²) in [6.45, 7) is 1.97. The lowest BCUT2D eigenvalue weighted by Gasteiger charge is -2.10. The highest BCUT2D eigenvalue weighted by atomic mass is 16.6. The van der Waals surface area contributed by atoms with E-state index in [0.29, 0.717) is 6.04 Å². The van der Waals surface area contributed by atoms with Gasteiger partial charge in [-0.1, -0.05) is 0 Å². The summed E-state index contributed by atoms with van der Waals surface area (Å²) in [7, 11) is 0. The summed E-state index contributed by atoms with van der Waals surface area (Å²) in [5.41, 5.74) is 0.827. The second-order valence-corrected chi connectivity index (χ2v) is 4.17. The summed E-state index contributed by atoms with van der Waals surface area (Å²) in [5, 5.41) is 17.0. The van der Waals surface area contributed by atoms with Gasteiger partial charge in [-0.25, -0.2) is 0 Å². The number of aromatic nitrogens is 1. The molecular weight excluding hydrogens is 220 g/mol. The van der Waals surface area contributed by atoms with Crippen molar-refractivity contribution in [1.82, 2.24) is 10.3 Å². The Labute approximate surface area is 99.6 Å². The van der Waals surface area contributed by atoms with E-state index in [1.54, 1.807) is 6.07 Å². The van der Waals surface area contributed by atoms with Crippen LogP contribution in [-0.2, 0) is 0 Å². The maximum absolute atomic E-state index is 10.4. The number of rotatable bonds is 5. The van der Waals surface area contributed by atoms with Gasteiger partial charge in [-0.05, 0) is 41.8 Å². The minimum atomic E-state index is -0.494. The molecular formula is C11H16N4O2. The Balaban J connectivity index is 1.76. The van der Waals surface area contributed by atoms with Gasteiger partial charge in [-0.3, -0.25) is 0 Å². The van der Waals surface area contributed by atoms with Gasteiger partial charge in [0.2, 0.25) is 0 Å². The van der Waals surface area contributed by atoms with Crippen LogP contribution in [-0.4, -0.2) is 29.0 Å². The molecule has 6 heteroatoms. The van der Waals surface area contributed by atoms with Gasteiger partial charge in [0.05, 0.1) is 5.69 Å². The van der Waals surface area contributed by atoms with E-state index >= 15 is 0 Å². The molecule has 1 aromatic heterocycles. The van der Waals surface area contributed by atoms with E-state index in [1.807, 2.05) is 0 Å². The summed E-state index contributed by atoms with van der Waals surface area (Å²) >= 11 is 0. The minimum Gasteiger partial charge on any atom is -0.382 e. The fraction of sp³-hybridized carbons (Fsp3) is 0.545. The molecule has 1 aliphatic heterocycles. The standard InChI is InChI=1S/C11H16N4O2/c16-15(17)11-4-3-10(8-14-11)13-7-5-9-2-1-6-12-9/h3-4,8-9,12-13H,1-2,5-7H2. The number of anilines is 1. The summed E-state index contributed by atoms with van der Waals surface area (Å²) in [5.74, 6) is -0.118. The first kappa shape index (κ1) is 11.8. The molecule has 0 aliphatic carbocycles. The summed E-state index contributed by atoms with van der Waals surface area (Å²) in [6, 6.07) is 3.71. The summed E-state index contributed by atoms with van der Waals surface area (Å²) in [4.78, 5) is 13.7. The van der Waals surface area contributed by atoms with Crippen molar-refractivity contribution in [2.45, 2.75) is 25.3 Å². The van der Waals surface area contributed by atoms with Crippen LogP contribution in [0.25, 0.3) is 0 Å². The Bertz CT molecular complexity index is 374. The van der Waals surface area contributed by atoms with Crippen molar-refractivity contribution in [3.63, 3.8) is 0 Å². The Morgan fingerprint density at radius 2 is 2.47 bits per heavy atom. The number of nitrogens with one attached hydrogen (secondary N) is 2. The number of hydrogen-bond acceptors (Lipinski definition) is 5. The Morgan fingerprint density at radius 1 is 1.59 bits per heavy atom. The normalized spacial score (nSPS) is 19.2. The van der Waals surface area contributed by atoms with Crippen molar-refractivity contribution < 1.29 is 4.92 Å². The van der Waals surface area contributed by atoms with Crippen molar-refractivity contribution in [3.05, 3.63) is 28.4 Å². The molecule has 0 spiro atoms. The molecule has 1 fully saturated rings. The maximum Gasteiger partial charge on any atom is 0.363 e. The zero-order chi connectivity index (χ0) is 12.1. The van der Waals surface area contributed by atoms with E-state index in [1.165, 1.54) is 25.1 Å². The number of nitrogens with zero attached hydrogens (tertiary/aromatic N) is 2. The van der Waals surface area contributed by atoms with Crippen LogP contribution >= 0.6 is 0 Å². The van der Waals surface area contributed by atoms with Crippen LogP contribution in [0.15, 0.2) is 18.3 Å². The molecule has 17 heavy (non-hydrogen) atoms. The molecule has 0 radical (unpaired) electrons. The van der Waals surface area contributed by atoms with Gasteiger partial charge >= 0.3 is 5.82 Å². The van der Waals surface area contributed by atoms with Crippen LogP contribution in [0.4, 0.5) is 11.5 Å². The van der Waals surface area contributed by atoms with E-state index in [0.717, 1.165) is 25.2 Å². The molecule has 2 heterocycles. The smallest absolute Gasteiger partial charge is 0.363 e. The zero-order valence-electron chi connectivity index (χ0n) is 9.56. The van der Waals surface area contributed by atoms with Gasteiger partial charge in [0.15, 0.2) is 6.20 Å². The van der Waals surface area contributed by atoms with Crippen LogP contribution in [0.2, 0.25) is 0 Å². The third-order valence-electron chi connectivity index (χ3n) is 2.92. The van der Waals surface area contributed by atoms with Gasteiger partial charge < -0.3 is 20.7 Å². The molecule has 0 aromatic carbocycles. The van der Waals surface area contributed by atoms with Gasteiger partial charge in [0.25, 0.3) is 0 Å². The largest absolute Gasteiger partial charge is 0.382 e. The molecule has 1 aromatic rings. The van der Waals surface area contributed by atoms with Gasteiger partial charge in [0, 0.05) is 18.7 Å².